The van der Waals surface area contributed by atoms with Gasteiger partial charge in [-0.15, -0.1) is 45.1 Å². The number of aryl methyl sites for hydroxylation is 1. The van der Waals surface area contributed by atoms with Crippen molar-refractivity contribution in [2.75, 3.05) is 6.54 Å². The van der Waals surface area contributed by atoms with E-state index >= 15 is 0 Å². The van der Waals surface area contributed by atoms with E-state index in [9.17, 15) is 14.7 Å². The number of carbonyl (C=O) groups excluding carboxylic acids is 1. The predicted molar refractivity (Wildman–Crippen MR) is 241 cm³/mol. The molecule has 2 N–H and O–H groups in total. The van der Waals surface area contributed by atoms with Gasteiger partial charge >= 0.3 is 5.97 Å². The molecule has 1 aromatic heterocycles. The van der Waals surface area contributed by atoms with Gasteiger partial charge in [0.1, 0.15) is 0 Å². The standard InChI is InChI=1S/C33H46O2.C7H11N3O.C3H6.C2H6.3C2H2/c1-30(2)24(21-8-10-22(11-9-21)29(34)35)15-19-33(5)27(30)16-20-32(4)26-14-18-31(3)17-6-7-25(31)23(26)12-13-28(32)33;11-7-9-2-1-4-10-5-3-8-6-10;1-3-2;4*1-2/h8-11,15,23,25-28H,6-7,12-14,16-20H2,1-5H3,(H,34,35);3,5-7H,1-2,4H2,(H,9,11);3H,1H2,2H3;1-2H3;3*1-2H/t23-,25?,26?,27?,28?,31-,32+,33+;;;;;;/m1....../s1. The number of fused-ring (bicyclic) bond motifs is 7. The average molecular weight is 778 g/mol. The lowest BCUT2D eigenvalue weighted by molar-refractivity contribution is -0.176. The number of terminal acetylenes is 3. The maximum absolute atomic E-state index is 11.4. The molecule has 7 rings (SSSR count). The van der Waals surface area contributed by atoms with Crippen molar-refractivity contribution in [1.29, 1.82) is 0 Å². The molecule has 4 saturated carbocycles. The van der Waals surface area contributed by atoms with Gasteiger partial charge < -0.3 is 15.0 Å². The fraction of sp³-hybridized carbons (Fsp3) is 0.588. The second kappa shape index (κ2) is 23.7. The maximum atomic E-state index is 11.4. The minimum Gasteiger partial charge on any atom is -0.478 e. The van der Waals surface area contributed by atoms with Crippen LogP contribution in [-0.4, -0.2) is 33.6 Å². The molecule has 312 valence electrons. The zero-order valence-corrected chi connectivity index (χ0v) is 36.7. The van der Waals surface area contributed by atoms with Crippen LogP contribution in [0.5, 0.6) is 0 Å². The number of nitrogens with zero attached hydrogens (tertiary/aromatic N) is 2. The zero-order chi connectivity index (χ0) is 43.5. The quantitative estimate of drug-likeness (QED) is 0.127. The number of aromatic nitrogens is 2. The molecule has 4 unspecified atom stereocenters. The number of allylic oxidation sites excluding steroid dienone is 3. The highest BCUT2D eigenvalue weighted by Gasteiger charge is 2.64. The summed E-state index contributed by atoms with van der Waals surface area (Å²) in [5.41, 5.74) is 4.65. The van der Waals surface area contributed by atoms with Gasteiger partial charge in [-0.2, -0.15) is 0 Å². The number of nitrogens with one attached hydrogen (secondary N) is 1. The van der Waals surface area contributed by atoms with Crippen molar-refractivity contribution >= 4 is 18.0 Å². The second-order valence-electron chi connectivity index (χ2n) is 17.3. The minimum absolute atomic E-state index is 0.104. The Morgan fingerprint density at radius 1 is 0.895 bits per heavy atom. The van der Waals surface area contributed by atoms with Crippen LogP contribution >= 0.6 is 0 Å². The number of benzene rings is 1. The van der Waals surface area contributed by atoms with Crippen LogP contribution in [0.15, 0.2) is 61.7 Å². The molecule has 1 amide bonds. The van der Waals surface area contributed by atoms with Crippen LogP contribution in [0.4, 0.5) is 0 Å². The van der Waals surface area contributed by atoms with E-state index in [1.165, 1.54) is 75.3 Å². The van der Waals surface area contributed by atoms with Gasteiger partial charge in [-0.1, -0.05) is 79.2 Å². The van der Waals surface area contributed by atoms with Gasteiger partial charge in [0.15, 0.2) is 0 Å². The van der Waals surface area contributed by atoms with E-state index < -0.39 is 5.97 Å². The van der Waals surface area contributed by atoms with Crippen molar-refractivity contribution in [3.8, 4) is 38.5 Å². The first-order chi connectivity index (χ1) is 27.4. The molecule has 1 aromatic carbocycles. The van der Waals surface area contributed by atoms with E-state index in [-0.39, 0.29) is 5.41 Å². The van der Waals surface area contributed by atoms with E-state index in [4.69, 9.17) is 0 Å². The van der Waals surface area contributed by atoms with Crippen molar-refractivity contribution < 1.29 is 14.7 Å². The molecule has 2 aromatic rings. The molecule has 4 fully saturated rings. The summed E-state index contributed by atoms with van der Waals surface area (Å²) in [7, 11) is 0. The highest BCUT2D eigenvalue weighted by Crippen LogP contribution is 2.73. The molecule has 5 aliphatic rings. The van der Waals surface area contributed by atoms with Crippen LogP contribution in [0.1, 0.15) is 142 Å². The summed E-state index contributed by atoms with van der Waals surface area (Å²) in [6.45, 7) is 23.8. The maximum Gasteiger partial charge on any atom is 0.335 e. The summed E-state index contributed by atoms with van der Waals surface area (Å²) in [4.78, 5) is 25.1. The van der Waals surface area contributed by atoms with Crippen LogP contribution in [-0.2, 0) is 11.3 Å². The zero-order valence-electron chi connectivity index (χ0n) is 36.7. The van der Waals surface area contributed by atoms with Gasteiger partial charge in [0.05, 0.1) is 11.9 Å². The number of hydrogen-bond acceptors (Lipinski definition) is 3. The molecule has 57 heavy (non-hydrogen) atoms. The molecular formula is C51H75N3O3. The van der Waals surface area contributed by atoms with Gasteiger partial charge in [-0.05, 0) is 146 Å². The van der Waals surface area contributed by atoms with Gasteiger partial charge in [0, 0.05) is 25.5 Å². The molecule has 0 bridgehead atoms. The summed E-state index contributed by atoms with van der Waals surface area (Å²) < 4.78 is 1.98. The summed E-state index contributed by atoms with van der Waals surface area (Å²) >= 11 is 0. The van der Waals surface area contributed by atoms with Gasteiger partial charge in [0.2, 0.25) is 6.41 Å². The number of carboxylic acids is 1. The molecule has 0 spiro atoms. The molecule has 0 saturated heterocycles. The van der Waals surface area contributed by atoms with Crippen LogP contribution in [0, 0.1) is 89.8 Å². The Hall–Kier alpha value is -4.47. The summed E-state index contributed by atoms with van der Waals surface area (Å²) in [6.07, 6.45) is 49.6. The molecule has 5 aliphatic carbocycles. The molecule has 6 heteroatoms. The number of aromatic carboxylic acids is 1. The van der Waals surface area contributed by atoms with Crippen LogP contribution in [0.3, 0.4) is 0 Å². The van der Waals surface area contributed by atoms with E-state index in [0.717, 1.165) is 43.2 Å². The molecule has 0 aliphatic heterocycles. The third kappa shape index (κ3) is 11.1. The average Bonchev–Trinajstić information content (AvgIpc) is 3.90. The van der Waals surface area contributed by atoms with E-state index in [1.54, 1.807) is 30.7 Å². The first kappa shape index (κ1) is 50.5. The van der Waals surface area contributed by atoms with E-state index in [0.29, 0.717) is 34.1 Å². The minimum atomic E-state index is -0.844. The monoisotopic (exact) mass is 778 g/mol. The van der Waals surface area contributed by atoms with Crippen molar-refractivity contribution in [3.63, 3.8) is 0 Å². The molecule has 6 nitrogen and oxygen atoms in total. The Morgan fingerprint density at radius 3 is 2.09 bits per heavy atom. The Kier molecular flexibility index (Phi) is 21.0. The van der Waals surface area contributed by atoms with Gasteiger partial charge in [-0.25, -0.2) is 9.78 Å². The summed E-state index contributed by atoms with van der Waals surface area (Å²) in [5, 5.41) is 11.9. The Labute approximate surface area is 348 Å². The number of hydrogen-bond donors (Lipinski definition) is 2. The lowest BCUT2D eigenvalue weighted by atomic mass is 9.36. The van der Waals surface area contributed by atoms with Crippen LogP contribution in [0.25, 0.3) is 5.57 Å². The first-order valence-corrected chi connectivity index (χ1v) is 21.1. The third-order valence-electron chi connectivity index (χ3n) is 14.3. The second-order valence-corrected chi connectivity index (χ2v) is 17.3. The SMILES string of the molecule is C#C.C#C.C#C.C=CC.CC.CC1(C)C(c2ccc(C(=O)O)cc2)=CC[C@@]2(C)C1CC[C@@]1(C)C3CC[C@@]4(C)CCCC4[C@H]3CCC12.O=CNCCCn1ccnc1. The summed E-state index contributed by atoms with van der Waals surface area (Å²) in [5.74, 6) is 3.58. The van der Waals surface area contributed by atoms with Crippen LogP contribution in [0.2, 0.25) is 0 Å². The van der Waals surface area contributed by atoms with Crippen molar-refractivity contribution in [2.45, 2.75) is 133 Å². The van der Waals surface area contributed by atoms with E-state index in [2.05, 4.69) is 96.1 Å². The number of imidazole rings is 1. The largest absolute Gasteiger partial charge is 0.478 e. The number of carboxylic acid groups (broad SMARTS) is 1. The Bertz CT molecular complexity index is 1580. The third-order valence-corrected chi connectivity index (χ3v) is 14.3. The number of amides is 1. The highest BCUT2D eigenvalue weighted by atomic mass is 16.4. The Morgan fingerprint density at radius 2 is 1.53 bits per heavy atom. The fourth-order valence-corrected chi connectivity index (χ4v) is 12.3. The van der Waals surface area contributed by atoms with Crippen molar-refractivity contribution in [2.24, 2.45) is 51.2 Å². The normalized spacial score (nSPS) is 30.5. The smallest absolute Gasteiger partial charge is 0.335 e. The lowest BCUT2D eigenvalue weighted by Gasteiger charge is -2.68. The van der Waals surface area contributed by atoms with Crippen molar-refractivity contribution in [3.05, 3.63) is 72.8 Å². The van der Waals surface area contributed by atoms with Crippen LogP contribution < -0.4 is 5.32 Å². The number of rotatable bonds is 7. The molecular weight excluding hydrogens is 703 g/mol. The predicted octanol–water partition coefficient (Wildman–Crippen LogP) is 11.8. The lowest BCUT2D eigenvalue weighted by Crippen LogP contribution is -2.60. The molecule has 0 radical (unpaired) electrons. The van der Waals surface area contributed by atoms with Gasteiger partial charge in [-0.3, -0.25) is 4.79 Å². The highest BCUT2D eigenvalue weighted by molar-refractivity contribution is 5.88. The summed E-state index contributed by atoms with van der Waals surface area (Å²) in [6, 6.07) is 7.64. The van der Waals surface area contributed by atoms with Gasteiger partial charge in [0.25, 0.3) is 0 Å². The van der Waals surface area contributed by atoms with E-state index in [1.807, 2.05) is 43.7 Å². The fourth-order valence-electron chi connectivity index (χ4n) is 12.3. The first-order valence-electron chi connectivity index (χ1n) is 21.1. The number of carbonyl (C=O) groups is 2. The van der Waals surface area contributed by atoms with Crippen molar-refractivity contribution in [1.82, 2.24) is 14.9 Å². The molecule has 1 heterocycles. The Balaban J connectivity index is 0.000000618. The topological polar surface area (TPSA) is 84.2 Å². The molecule has 8 atom stereocenters.